The van der Waals surface area contributed by atoms with E-state index in [2.05, 4.69) is 10.3 Å². The summed E-state index contributed by atoms with van der Waals surface area (Å²) in [6.07, 6.45) is 0. The number of ether oxygens (including phenoxy) is 2. The molecule has 1 heterocycles. The van der Waals surface area contributed by atoms with E-state index in [1.807, 2.05) is 85.8 Å². The zero-order valence-electron chi connectivity index (χ0n) is 27.7. The summed E-state index contributed by atoms with van der Waals surface area (Å²) in [5.41, 5.74) is 5.22. The molecule has 0 spiro atoms. The molecule has 49 heavy (non-hydrogen) atoms. The van der Waals surface area contributed by atoms with Gasteiger partial charge in [0.05, 0.1) is 24.3 Å². The third-order valence-corrected chi connectivity index (χ3v) is 5.48. The second kappa shape index (κ2) is 23.8. The number of aromatic nitrogens is 1. The predicted octanol–water partition coefficient (Wildman–Crippen LogP) is 7.37. The van der Waals surface area contributed by atoms with Gasteiger partial charge in [0.2, 0.25) is 0 Å². The molecule has 0 radical (unpaired) electrons. The number of esters is 2. The topological polar surface area (TPSA) is 192 Å². The molecule has 0 saturated heterocycles. The van der Waals surface area contributed by atoms with Gasteiger partial charge in [0.15, 0.2) is 0 Å². The van der Waals surface area contributed by atoms with Crippen LogP contribution in [0.1, 0.15) is 55.3 Å². The minimum Gasteiger partial charge on any atom is -0.481 e. The third kappa shape index (κ3) is 17.8. The summed E-state index contributed by atoms with van der Waals surface area (Å²) >= 11 is 0. The van der Waals surface area contributed by atoms with Gasteiger partial charge in [0, 0.05) is 74.4 Å². The van der Waals surface area contributed by atoms with Gasteiger partial charge >= 0.3 is 11.9 Å². The Kier molecular flexibility index (Phi) is 21.1. The van der Waals surface area contributed by atoms with Gasteiger partial charge in [0.1, 0.15) is 0 Å². The number of carbonyl (C=O) groups excluding carboxylic acids is 2. The van der Waals surface area contributed by atoms with Crippen molar-refractivity contribution < 1.29 is 69.2 Å². The number of hydrogen-bond donors (Lipinski definition) is 5. The Balaban J connectivity index is 0.000000700. The first kappa shape index (κ1) is 43.5. The summed E-state index contributed by atoms with van der Waals surface area (Å²) in [6, 6.07) is 30.7. The van der Waals surface area contributed by atoms with Crippen molar-refractivity contribution in [1.82, 2.24) is 4.98 Å². The van der Waals surface area contributed by atoms with E-state index in [-0.39, 0.29) is 32.4 Å². The normalized spacial score (nSPS) is 9.16. The maximum Gasteiger partial charge on any atom is 0.338 e. The van der Waals surface area contributed by atoms with Crippen LogP contribution in [0.2, 0.25) is 0 Å². The number of rotatable bonds is 6. The fraction of sp³-hybridized carbons (Fsp3) is 0.194. The van der Waals surface area contributed by atoms with Crippen LogP contribution in [0.25, 0.3) is 21.8 Å². The summed E-state index contributed by atoms with van der Waals surface area (Å²) in [7, 11) is 0. The van der Waals surface area contributed by atoms with Crippen molar-refractivity contribution in [1.29, 1.82) is 0 Å². The van der Waals surface area contributed by atoms with Crippen LogP contribution >= 0.6 is 0 Å². The minimum atomic E-state index is -0.833. The van der Waals surface area contributed by atoms with Gasteiger partial charge in [-0.15, -0.1) is 0 Å². The standard InChI is InChI=1S/C15H13NO2.C15H15NO2.3C2H4O2.Pd/c1-2-18-15(17)10-7-8-14-12(9-10)11-5-3-4-6-13(11)16-14;1-2-18-15(17)12-8-10-14(11-9-12)16-13-6-4-3-5-7-13;3*1-2(3)4;/h3-9,16H,2H2,1H3;3-11,16H,2H2,1H3;3*1H3,(H,3,4);. The van der Waals surface area contributed by atoms with Crippen LogP contribution < -0.4 is 5.32 Å². The van der Waals surface area contributed by atoms with Crippen molar-refractivity contribution in [2.24, 2.45) is 0 Å². The van der Waals surface area contributed by atoms with Crippen LogP contribution in [0, 0.1) is 0 Å². The molecule has 0 unspecified atom stereocenters. The average Bonchev–Trinajstić information content (AvgIpc) is 3.40. The Morgan fingerprint density at radius 2 is 0.980 bits per heavy atom. The molecule has 0 amide bonds. The number of H-pyrrole nitrogens is 1. The van der Waals surface area contributed by atoms with E-state index >= 15 is 0 Å². The van der Waals surface area contributed by atoms with Gasteiger partial charge in [0.25, 0.3) is 17.9 Å². The first-order chi connectivity index (χ1) is 22.8. The predicted molar refractivity (Wildman–Crippen MR) is 184 cm³/mol. The Hall–Kier alpha value is -5.51. The number of fused-ring (bicyclic) bond motifs is 3. The summed E-state index contributed by atoms with van der Waals surface area (Å²) in [6.45, 7) is 7.64. The maximum atomic E-state index is 11.7. The molecule has 0 aliphatic heterocycles. The molecular formula is C36H40N2O10Pd. The number of carbonyl (C=O) groups is 5. The molecule has 0 aliphatic carbocycles. The van der Waals surface area contributed by atoms with Gasteiger partial charge in [-0.25, -0.2) is 9.59 Å². The molecule has 264 valence electrons. The smallest absolute Gasteiger partial charge is 0.338 e. The van der Waals surface area contributed by atoms with E-state index in [0.29, 0.717) is 24.3 Å². The van der Waals surface area contributed by atoms with Crippen LogP contribution in [-0.2, 0) is 44.3 Å². The van der Waals surface area contributed by atoms with Gasteiger partial charge < -0.3 is 35.1 Å². The molecule has 0 atom stereocenters. The van der Waals surface area contributed by atoms with Crippen molar-refractivity contribution in [3.8, 4) is 0 Å². The SMILES string of the molecule is CC(=O)O.CC(=O)O.CC(=O)O.CCOC(=O)c1ccc(Nc2ccccc2)cc1.CCOC(=O)c1ccc2[nH]c3ccccc3c2c1.[Pd]. The molecule has 4 aromatic carbocycles. The Labute approximate surface area is 297 Å². The minimum absolute atomic E-state index is 0. The molecule has 5 rings (SSSR count). The fourth-order valence-corrected chi connectivity index (χ4v) is 3.78. The van der Waals surface area contributed by atoms with Crippen LogP contribution in [0.5, 0.6) is 0 Å². The summed E-state index contributed by atoms with van der Waals surface area (Å²) in [4.78, 5) is 53.5. The number of carboxylic acid groups (broad SMARTS) is 3. The van der Waals surface area contributed by atoms with Gasteiger partial charge in [-0.2, -0.15) is 0 Å². The molecule has 0 fully saturated rings. The first-order valence-electron chi connectivity index (χ1n) is 14.6. The Bertz CT molecular complexity index is 1730. The van der Waals surface area contributed by atoms with Crippen LogP contribution in [0.3, 0.4) is 0 Å². The number of nitrogens with one attached hydrogen (secondary N) is 2. The first-order valence-corrected chi connectivity index (χ1v) is 14.6. The number of hydrogen-bond acceptors (Lipinski definition) is 8. The van der Waals surface area contributed by atoms with Crippen LogP contribution in [0.15, 0.2) is 97.1 Å². The number of benzene rings is 4. The summed E-state index contributed by atoms with van der Waals surface area (Å²) in [5.74, 6) is -3.06. The van der Waals surface area contributed by atoms with E-state index in [9.17, 15) is 9.59 Å². The summed E-state index contributed by atoms with van der Waals surface area (Å²) in [5, 5.41) is 27.7. The number of aliphatic carboxylic acids is 3. The van der Waals surface area contributed by atoms with E-state index < -0.39 is 17.9 Å². The molecule has 5 N–H and O–H groups in total. The van der Waals surface area contributed by atoms with Crippen molar-refractivity contribution >= 4 is 63.0 Å². The molecule has 0 aliphatic rings. The number of anilines is 2. The molecule has 0 bridgehead atoms. The third-order valence-electron chi connectivity index (χ3n) is 5.48. The Morgan fingerprint density at radius 3 is 1.49 bits per heavy atom. The van der Waals surface area contributed by atoms with Crippen molar-refractivity contribution in [2.75, 3.05) is 18.5 Å². The van der Waals surface area contributed by atoms with Gasteiger partial charge in [-0.05, 0) is 74.5 Å². The van der Waals surface area contributed by atoms with E-state index in [1.54, 1.807) is 25.1 Å². The van der Waals surface area contributed by atoms with Crippen molar-refractivity contribution in [3.05, 3.63) is 108 Å². The van der Waals surface area contributed by atoms with E-state index in [1.165, 1.54) is 0 Å². The Morgan fingerprint density at radius 1 is 0.571 bits per heavy atom. The van der Waals surface area contributed by atoms with E-state index in [0.717, 1.165) is 54.0 Å². The molecular weight excluding hydrogens is 727 g/mol. The van der Waals surface area contributed by atoms with Crippen LogP contribution in [0.4, 0.5) is 11.4 Å². The monoisotopic (exact) mass is 766 g/mol. The molecule has 5 aromatic rings. The summed E-state index contributed by atoms with van der Waals surface area (Å²) < 4.78 is 9.94. The molecule has 12 nitrogen and oxygen atoms in total. The number of carboxylic acids is 3. The maximum absolute atomic E-state index is 11.7. The molecule has 0 saturated carbocycles. The zero-order chi connectivity index (χ0) is 36.1. The molecule has 13 heteroatoms. The van der Waals surface area contributed by atoms with Gasteiger partial charge in [-0.3, -0.25) is 14.4 Å². The van der Waals surface area contributed by atoms with E-state index in [4.69, 9.17) is 39.2 Å². The number of para-hydroxylation sites is 2. The second-order valence-corrected chi connectivity index (χ2v) is 9.50. The number of aromatic amines is 1. The quantitative estimate of drug-likeness (QED) is 0.0856. The average molecular weight is 767 g/mol. The van der Waals surface area contributed by atoms with Crippen LogP contribution in [-0.4, -0.2) is 63.4 Å². The van der Waals surface area contributed by atoms with Crippen molar-refractivity contribution in [3.63, 3.8) is 0 Å². The molecule has 1 aromatic heterocycles. The largest absolute Gasteiger partial charge is 0.481 e. The van der Waals surface area contributed by atoms with Gasteiger partial charge in [-0.1, -0.05) is 36.4 Å². The fourth-order valence-electron chi connectivity index (χ4n) is 3.78. The zero-order valence-corrected chi connectivity index (χ0v) is 29.2. The second-order valence-electron chi connectivity index (χ2n) is 9.50. The van der Waals surface area contributed by atoms with Crippen molar-refractivity contribution in [2.45, 2.75) is 34.6 Å².